The van der Waals surface area contributed by atoms with Crippen molar-refractivity contribution in [2.75, 3.05) is 0 Å². The molecule has 0 fully saturated rings. The number of hydrogen-bond acceptors (Lipinski definition) is 2. The van der Waals surface area contributed by atoms with E-state index in [0.717, 1.165) is 21.2 Å². The molecule has 0 radical (unpaired) electrons. The molecular formula is C13H11BrOS. The Morgan fingerprint density at radius 1 is 1.31 bits per heavy atom. The lowest BCUT2D eigenvalue weighted by Crippen LogP contribution is -2.04. The molecule has 0 atom stereocenters. The lowest BCUT2D eigenvalue weighted by Gasteiger charge is -2.03. The predicted molar refractivity (Wildman–Crippen MR) is 71.2 cm³/mol. The average Bonchev–Trinajstić information content (AvgIpc) is 2.68. The highest BCUT2D eigenvalue weighted by Gasteiger charge is 2.11. The number of thiophene rings is 1. The maximum Gasteiger partial charge on any atom is 0.168 e. The third-order valence-corrected chi connectivity index (χ3v) is 4.10. The first-order chi connectivity index (χ1) is 7.68. The van der Waals surface area contributed by atoms with Crippen molar-refractivity contribution in [2.24, 2.45) is 0 Å². The van der Waals surface area contributed by atoms with Crippen molar-refractivity contribution in [3.8, 4) is 0 Å². The highest BCUT2D eigenvalue weighted by molar-refractivity contribution is 9.10. The molecular weight excluding hydrogens is 284 g/mol. The Hall–Kier alpha value is -0.930. The summed E-state index contributed by atoms with van der Waals surface area (Å²) >= 11 is 5.03. The normalized spacial score (nSPS) is 10.4. The Balaban J connectivity index is 2.21. The highest BCUT2D eigenvalue weighted by atomic mass is 79.9. The van der Waals surface area contributed by atoms with E-state index in [1.165, 1.54) is 0 Å². The minimum atomic E-state index is 0.186. The van der Waals surface area contributed by atoms with Crippen molar-refractivity contribution in [3.63, 3.8) is 0 Å². The molecule has 3 heteroatoms. The zero-order valence-corrected chi connectivity index (χ0v) is 11.3. The lowest BCUT2D eigenvalue weighted by atomic mass is 10.0. The molecule has 1 aromatic heterocycles. The van der Waals surface area contributed by atoms with Crippen molar-refractivity contribution >= 4 is 33.0 Å². The van der Waals surface area contributed by atoms with Gasteiger partial charge in [0.1, 0.15) is 0 Å². The van der Waals surface area contributed by atoms with Gasteiger partial charge in [-0.1, -0.05) is 34.1 Å². The topological polar surface area (TPSA) is 17.1 Å². The van der Waals surface area contributed by atoms with Crippen LogP contribution in [0.1, 0.15) is 21.5 Å². The van der Waals surface area contributed by atoms with Crippen LogP contribution in [0.4, 0.5) is 0 Å². The number of halogens is 1. The molecule has 0 unspecified atom stereocenters. The van der Waals surface area contributed by atoms with Crippen molar-refractivity contribution in [3.05, 3.63) is 56.2 Å². The molecule has 2 aromatic rings. The van der Waals surface area contributed by atoms with E-state index in [0.29, 0.717) is 6.42 Å². The zero-order chi connectivity index (χ0) is 11.5. The van der Waals surface area contributed by atoms with E-state index < -0.39 is 0 Å². The summed E-state index contributed by atoms with van der Waals surface area (Å²) < 4.78 is 0.997. The number of carbonyl (C=O) groups excluding carboxylic acids is 1. The van der Waals surface area contributed by atoms with Gasteiger partial charge in [0, 0.05) is 21.8 Å². The summed E-state index contributed by atoms with van der Waals surface area (Å²) in [5, 5.41) is 3.93. The second kappa shape index (κ2) is 4.93. The van der Waals surface area contributed by atoms with E-state index in [4.69, 9.17) is 0 Å². The van der Waals surface area contributed by atoms with Crippen molar-refractivity contribution in [1.82, 2.24) is 0 Å². The fraction of sp³-hybridized carbons (Fsp3) is 0.154. The first-order valence-corrected chi connectivity index (χ1v) is 6.71. The number of ketones is 1. The summed E-state index contributed by atoms with van der Waals surface area (Å²) in [6, 6.07) is 7.84. The van der Waals surface area contributed by atoms with Gasteiger partial charge in [-0.25, -0.2) is 0 Å². The SMILES string of the molecule is Cc1cscc1C(=O)Cc1ccccc1Br. The number of aryl methyl sites for hydroxylation is 1. The molecule has 0 amide bonds. The molecule has 0 aliphatic carbocycles. The molecule has 0 bridgehead atoms. The molecule has 0 spiro atoms. The van der Waals surface area contributed by atoms with Gasteiger partial charge in [0.05, 0.1) is 0 Å². The third-order valence-electron chi connectivity index (χ3n) is 2.46. The van der Waals surface area contributed by atoms with E-state index >= 15 is 0 Å². The molecule has 0 N–H and O–H groups in total. The first kappa shape index (κ1) is 11.6. The quantitative estimate of drug-likeness (QED) is 0.774. The van der Waals surface area contributed by atoms with Crippen LogP contribution in [0, 0.1) is 6.92 Å². The maximum absolute atomic E-state index is 12.0. The average molecular weight is 295 g/mol. The summed E-state index contributed by atoms with van der Waals surface area (Å²) in [6.45, 7) is 1.98. The van der Waals surface area contributed by atoms with E-state index in [1.54, 1.807) is 11.3 Å². The standard InChI is InChI=1S/C13H11BrOS/c1-9-7-16-8-11(9)13(15)6-10-4-2-3-5-12(10)14/h2-5,7-8H,6H2,1H3. The lowest BCUT2D eigenvalue weighted by molar-refractivity contribution is 0.0992. The number of rotatable bonds is 3. The van der Waals surface area contributed by atoms with Crippen LogP contribution >= 0.6 is 27.3 Å². The van der Waals surface area contributed by atoms with E-state index in [-0.39, 0.29) is 5.78 Å². The molecule has 1 heterocycles. The summed E-state index contributed by atoms with van der Waals surface area (Å²) in [7, 11) is 0. The van der Waals surface area contributed by atoms with Crippen LogP contribution in [0.2, 0.25) is 0 Å². The summed E-state index contributed by atoms with van der Waals surface area (Å²) in [5.74, 6) is 0.186. The van der Waals surface area contributed by atoms with Crippen LogP contribution < -0.4 is 0 Å². The van der Waals surface area contributed by atoms with Crippen LogP contribution in [-0.4, -0.2) is 5.78 Å². The van der Waals surface area contributed by atoms with Gasteiger partial charge >= 0.3 is 0 Å². The monoisotopic (exact) mass is 294 g/mol. The molecule has 16 heavy (non-hydrogen) atoms. The van der Waals surface area contributed by atoms with Gasteiger partial charge < -0.3 is 0 Å². The van der Waals surface area contributed by atoms with Gasteiger partial charge in [-0.15, -0.1) is 0 Å². The largest absolute Gasteiger partial charge is 0.294 e. The van der Waals surface area contributed by atoms with Crippen molar-refractivity contribution in [1.29, 1.82) is 0 Å². The predicted octanol–water partition coefficient (Wildman–Crippen LogP) is 4.24. The Morgan fingerprint density at radius 2 is 2.06 bits per heavy atom. The molecule has 0 aliphatic rings. The molecule has 0 saturated carbocycles. The van der Waals surface area contributed by atoms with Crippen molar-refractivity contribution in [2.45, 2.75) is 13.3 Å². The fourth-order valence-electron chi connectivity index (χ4n) is 1.56. The van der Waals surface area contributed by atoms with E-state index in [1.807, 2.05) is 41.9 Å². The zero-order valence-electron chi connectivity index (χ0n) is 8.87. The number of Topliss-reactive ketones (excluding diaryl/α,β-unsaturated/α-hetero) is 1. The number of hydrogen-bond donors (Lipinski definition) is 0. The van der Waals surface area contributed by atoms with Crippen LogP contribution in [0.25, 0.3) is 0 Å². The van der Waals surface area contributed by atoms with Gasteiger partial charge in [-0.3, -0.25) is 4.79 Å². The Morgan fingerprint density at radius 3 is 2.69 bits per heavy atom. The maximum atomic E-state index is 12.0. The second-order valence-corrected chi connectivity index (χ2v) is 5.26. The number of benzene rings is 1. The molecule has 1 aromatic carbocycles. The van der Waals surface area contributed by atoms with Crippen LogP contribution in [0.5, 0.6) is 0 Å². The molecule has 0 saturated heterocycles. The van der Waals surface area contributed by atoms with Crippen molar-refractivity contribution < 1.29 is 4.79 Å². The third kappa shape index (κ3) is 2.42. The van der Waals surface area contributed by atoms with Crippen LogP contribution in [-0.2, 0) is 6.42 Å². The van der Waals surface area contributed by atoms with Crippen LogP contribution in [0.3, 0.4) is 0 Å². The van der Waals surface area contributed by atoms with Gasteiger partial charge in [0.15, 0.2) is 5.78 Å². The molecule has 0 aliphatic heterocycles. The Kier molecular flexibility index (Phi) is 3.56. The van der Waals surface area contributed by atoms with Gasteiger partial charge in [-0.2, -0.15) is 11.3 Å². The van der Waals surface area contributed by atoms with Gasteiger partial charge in [-0.05, 0) is 29.5 Å². The summed E-state index contributed by atoms with van der Waals surface area (Å²) in [4.78, 5) is 12.0. The van der Waals surface area contributed by atoms with E-state index in [9.17, 15) is 4.79 Å². The minimum absolute atomic E-state index is 0.186. The first-order valence-electron chi connectivity index (χ1n) is 4.98. The van der Waals surface area contributed by atoms with Crippen LogP contribution in [0.15, 0.2) is 39.5 Å². The van der Waals surface area contributed by atoms with E-state index in [2.05, 4.69) is 15.9 Å². The highest BCUT2D eigenvalue weighted by Crippen LogP contribution is 2.20. The fourth-order valence-corrected chi connectivity index (χ4v) is 2.83. The smallest absolute Gasteiger partial charge is 0.168 e. The minimum Gasteiger partial charge on any atom is -0.294 e. The van der Waals surface area contributed by atoms with Gasteiger partial charge in [0.25, 0.3) is 0 Å². The summed E-state index contributed by atoms with van der Waals surface area (Å²) in [6.07, 6.45) is 0.457. The molecule has 1 nitrogen and oxygen atoms in total. The summed E-state index contributed by atoms with van der Waals surface area (Å²) in [5.41, 5.74) is 2.96. The van der Waals surface area contributed by atoms with Gasteiger partial charge in [0.2, 0.25) is 0 Å². The Labute approximate surface area is 107 Å². The molecule has 2 rings (SSSR count). The number of carbonyl (C=O) groups is 1. The second-order valence-electron chi connectivity index (χ2n) is 3.66. The Bertz CT molecular complexity index is 516. The molecule has 82 valence electrons.